The smallest absolute Gasteiger partial charge is 0.325 e. The number of nitrogens with zero attached hydrogens (tertiary/aromatic N) is 2. The summed E-state index contributed by atoms with van der Waals surface area (Å²) >= 11 is 5.26. The van der Waals surface area contributed by atoms with Crippen LogP contribution < -0.4 is 10.2 Å². The molecule has 1 aromatic heterocycles. The number of carbonyl (C=O) groups excluding carboxylic acids is 3. The molecule has 1 N–H and O–H groups in total. The van der Waals surface area contributed by atoms with Crippen LogP contribution in [0.1, 0.15) is 11.1 Å². The minimum absolute atomic E-state index is 0.0137. The summed E-state index contributed by atoms with van der Waals surface area (Å²) in [7, 11) is 1.32. The number of benzene rings is 2. The van der Waals surface area contributed by atoms with Crippen molar-refractivity contribution in [2.24, 2.45) is 0 Å². The second kappa shape index (κ2) is 8.16. The van der Waals surface area contributed by atoms with E-state index in [-0.39, 0.29) is 17.2 Å². The average Bonchev–Trinajstić information content (AvgIpc) is 3.08. The molecule has 0 saturated carbocycles. The van der Waals surface area contributed by atoms with Crippen molar-refractivity contribution in [3.8, 4) is 0 Å². The Labute approximate surface area is 183 Å². The van der Waals surface area contributed by atoms with Crippen LogP contribution in [0, 0.1) is 6.92 Å². The number of rotatable bonds is 4. The lowest BCUT2D eigenvalue weighted by Gasteiger charge is -2.29. The van der Waals surface area contributed by atoms with Crippen molar-refractivity contribution in [3.63, 3.8) is 0 Å². The Morgan fingerprint density at radius 2 is 1.94 bits per heavy atom. The topological polar surface area (TPSA) is 80.6 Å². The molecule has 31 heavy (non-hydrogen) atoms. The minimum atomic E-state index is -0.566. The zero-order valence-electron chi connectivity index (χ0n) is 16.9. The maximum atomic E-state index is 13.3. The summed E-state index contributed by atoms with van der Waals surface area (Å²) in [5, 5.41) is 3.43. The van der Waals surface area contributed by atoms with Crippen LogP contribution in [0.4, 0.5) is 5.69 Å². The van der Waals surface area contributed by atoms with Gasteiger partial charge in [0.05, 0.1) is 12.8 Å². The van der Waals surface area contributed by atoms with Crippen molar-refractivity contribution in [1.29, 1.82) is 0 Å². The van der Waals surface area contributed by atoms with Gasteiger partial charge in [-0.1, -0.05) is 30.3 Å². The molecular formula is C23H19N3O4S. The maximum absolute atomic E-state index is 13.3. The molecule has 3 aromatic rings. The predicted octanol–water partition coefficient (Wildman–Crippen LogP) is 2.95. The third-order valence-corrected chi connectivity index (χ3v) is 5.29. The van der Waals surface area contributed by atoms with Gasteiger partial charge in [0.2, 0.25) is 0 Å². The standard InChI is InChI=1S/C23H19N3O4S/c1-14-6-5-7-16(10-14)26-22(29)18(21(28)24-23(26)31)11-15-12-25(13-20(27)30-2)19-9-4-3-8-17(15)19/h3-12H,13H2,1-2H3,(H,24,28,31)/b18-11+. The minimum Gasteiger partial charge on any atom is -0.468 e. The number of amides is 2. The number of nitrogens with one attached hydrogen (secondary N) is 1. The van der Waals surface area contributed by atoms with Crippen LogP contribution in [-0.4, -0.2) is 34.6 Å². The fraction of sp³-hybridized carbons (Fsp3) is 0.130. The monoisotopic (exact) mass is 433 g/mol. The Kier molecular flexibility index (Phi) is 5.39. The summed E-state index contributed by atoms with van der Waals surface area (Å²) in [5.74, 6) is -1.48. The third kappa shape index (κ3) is 3.85. The molecule has 0 atom stereocenters. The van der Waals surface area contributed by atoms with E-state index in [1.54, 1.807) is 16.8 Å². The van der Waals surface area contributed by atoms with Gasteiger partial charge in [-0.05, 0) is 49.0 Å². The fourth-order valence-electron chi connectivity index (χ4n) is 3.54. The second-order valence-electron chi connectivity index (χ2n) is 7.10. The van der Waals surface area contributed by atoms with E-state index in [0.717, 1.165) is 16.5 Å². The highest BCUT2D eigenvalue weighted by atomic mass is 32.1. The van der Waals surface area contributed by atoms with Gasteiger partial charge in [0.25, 0.3) is 11.8 Å². The van der Waals surface area contributed by atoms with E-state index in [4.69, 9.17) is 17.0 Å². The molecule has 8 heteroatoms. The second-order valence-corrected chi connectivity index (χ2v) is 7.49. The summed E-state index contributed by atoms with van der Waals surface area (Å²) in [6.45, 7) is 1.92. The lowest BCUT2D eigenvalue weighted by molar-refractivity contribution is -0.141. The molecule has 1 aliphatic rings. The number of anilines is 1. The zero-order chi connectivity index (χ0) is 22.1. The third-order valence-electron chi connectivity index (χ3n) is 5.01. The Hall–Kier alpha value is -3.78. The highest BCUT2D eigenvalue weighted by Crippen LogP contribution is 2.27. The molecule has 1 fully saturated rings. The molecule has 2 amide bonds. The van der Waals surface area contributed by atoms with Gasteiger partial charge >= 0.3 is 5.97 Å². The maximum Gasteiger partial charge on any atom is 0.325 e. The van der Waals surface area contributed by atoms with Crippen LogP contribution in [0.15, 0.2) is 60.3 Å². The van der Waals surface area contributed by atoms with E-state index in [2.05, 4.69) is 5.32 Å². The van der Waals surface area contributed by atoms with Crippen LogP contribution >= 0.6 is 12.2 Å². The van der Waals surface area contributed by atoms with E-state index in [1.165, 1.54) is 18.1 Å². The number of aromatic nitrogens is 1. The summed E-state index contributed by atoms with van der Waals surface area (Å²) in [5.41, 5.74) is 2.91. The van der Waals surface area contributed by atoms with Gasteiger partial charge in [-0.15, -0.1) is 0 Å². The van der Waals surface area contributed by atoms with Gasteiger partial charge in [-0.3, -0.25) is 24.6 Å². The molecular weight excluding hydrogens is 414 g/mol. The molecule has 156 valence electrons. The predicted molar refractivity (Wildman–Crippen MR) is 121 cm³/mol. The normalized spacial score (nSPS) is 15.5. The van der Waals surface area contributed by atoms with E-state index >= 15 is 0 Å². The first kappa shape index (κ1) is 20.5. The Morgan fingerprint density at radius 3 is 2.68 bits per heavy atom. The van der Waals surface area contributed by atoms with Crippen molar-refractivity contribution >= 4 is 57.8 Å². The fourth-order valence-corrected chi connectivity index (χ4v) is 3.82. The van der Waals surface area contributed by atoms with Gasteiger partial charge in [-0.25, -0.2) is 0 Å². The molecule has 0 aliphatic carbocycles. The molecule has 2 aromatic carbocycles. The van der Waals surface area contributed by atoms with Crippen LogP contribution in [0.5, 0.6) is 0 Å². The molecule has 2 heterocycles. The molecule has 1 saturated heterocycles. The number of methoxy groups -OCH3 is 1. The summed E-state index contributed by atoms with van der Waals surface area (Å²) in [4.78, 5) is 39.0. The first-order chi connectivity index (χ1) is 14.9. The van der Waals surface area contributed by atoms with Crippen molar-refractivity contribution in [2.45, 2.75) is 13.5 Å². The molecule has 0 bridgehead atoms. The number of ether oxygens (including phenoxy) is 1. The zero-order valence-corrected chi connectivity index (χ0v) is 17.7. The van der Waals surface area contributed by atoms with Gasteiger partial charge in [0, 0.05) is 22.7 Å². The van der Waals surface area contributed by atoms with E-state index in [0.29, 0.717) is 11.3 Å². The number of carbonyl (C=O) groups is 3. The Balaban J connectivity index is 1.79. The van der Waals surface area contributed by atoms with Gasteiger partial charge < -0.3 is 9.30 Å². The molecule has 4 rings (SSSR count). The quantitative estimate of drug-likeness (QED) is 0.296. The number of hydrogen-bond acceptors (Lipinski definition) is 5. The van der Waals surface area contributed by atoms with Crippen molar-refractivity contribution < 1.29 is 19.1 Å². The van der Waals surface area contributed by atoms with Crippen molar-refractivity contribution in [2.75, 3.05) is 12.0 Å². The van der Waals surface area contributed by atoms with Crippen LogP contribution in [0.3, 0.4) is 0 Å². The first-order valence-electron chi connectivity index (χ1n) is 9.52. The molecule has 0 spiro atoms. The average molecular weight is 433 g/mol. The number of aryl methyl sites for hydroxylation is 1. The molecule has 1 aliphatic heterocycles. The summed E-state index contributed by atoms with van der Waals surface area (Å²) in [6.07, 6.45) is 3.25. The number of thiocarbonyl (C=S) groups is 1. The number of hydrogen-bond donors (Lipinski definition) is 1. The number of para-hydroxylation sites is 1. The van der Waals surface area contributed by atoms with Gasteiger partial charge in [0.1, 0.15) is 12.1 Å². The van der Waals surface area contributed by atoms with Gasteiger partial charge in [0.15, 0.2) is 5.11 Å². The van der Waals surface area contributed by atoms with E-state index in [1.807, 2.05) is 49.4 Å². The van der Waals surface area contributed by atoms with Crippen molar-refractivity contribution in [3.05, 3.63) is 71.4 Å². The highest BCUT2D eigenvalue weighted by molar-refractivity contribution is 7.80. The summed E-state index contributed by atoms with van der Waals surface area (Å²) < 4.78 is 6.49. The molecule has 0 radical (unpaired) electrons. The van der Waals surface area contributed by atoms with E-state index < -0.39 is 17.8 Å². The number of fused-ring (bicyclic) bond motifs is 1. The number of esters is 1. The van der Waals surface area contributed by atoms with Crippen LogP contribution in [0.2, 0.25) is 0 Å². The largest absolute Gasteiger partial charge is 0.468 e. The van der Waals surface area contributed by atoms with E-state index in [9.17, 15) is 14.4 Å². The highest BCUT2D eigenvalue weighted by Gasteiger charge is 2.34. The SMILES string of the molecule is COC(=O)Cn1cc(/C=C2\C(=O)NC(=S)N(c3cccc(C)c3)C2=O)c2ccccc21. The van der Waals surface area contributed by atoms with Crippen LogP contribution in [-0.2, 0) is 25.7 Å². The Bertz CT molecular complexity index is 1270. The lowest BCUT2D eigenvalue weighted by Crippen LogP contribution is -2.54. The Morgan fingerprint density at radius 1 is 1.16 bits per heavy atom. The van der Waals surface area contributed by atoms with Crippen molar-refractivity contribution in [1.82, 2.24) is 9.88 Å². The molecule has 0 unspecified atom stereocenters. The van der Waals surface area contributed by atoms with Gasteiger partial charge in [-0.2, -0.15) is 0 Å². The summed E-state index contributed by atoms with van der Waals surface area (Å²) in [6, 6.07) is 14.7. The first-order valence-corrected chi connectivity index (χ1v) is 9.92. The van der Waals surface area contributed by atoms with Crippen LogP contribution in [0.25, 0.3) is 17.0 Å². The lowest BCUT2D eigenvalue weighted by atomic mass is 10.1. The molecule has 7 nitrogen and oxygen atoms in total.